The normalized spacial score (nSPS) is 14.0. The SMILES string of the molecule is Cc1ccc(C(N)CS(=O)c2ccc(Cl)cc2)cc1C. The molecule has 0 aliphatic rings. The highest BCUT2D eigenvalue weighted by molar-refractivity contribution is 7.85. The Kier molecular flexibility index (Phi) is 4.97. The average molecular weight is 308 g/mol. The summed E-state index contributed by atoms with van der Waals surface area (Å²) in [5.74, 6) is 0.407. The van der Waals surface area contributed by atoms with Gasteiger partial charge in [0.2, 0.25) is 0 Å². The average Bonchev–Trinajstić information content (AvgIpc) is 2.42. The van der Waals surface area contributed by atoms with Crippen LogP contribution in [-0.2, 0) is 10.8 Å². The van der Waals surface area contributed by atoms with E-state index in [4.69, 9.17) is 17.3 Å². The molecule has 2 nitrogen and oxygen atoms in total. The molecule has 0 radical (unpaired) electrons. The van der Waals surface area contributed by atoms with Crippen molar-refractivity contribution in [1.29, 1.82) is 0 Å². The standard InChI is InChI=1S/C16H18ClNOS/c1-11-3-4-13(9-12(11)2)16(18)10-20(19)15-7-5-14(17)6-8-15/h3-9,16H,10,18H2,1-2H3. The van der Waals surface area contributed by atoms with E-state index in [0.717, 1.165) is 10.5 Å². The third-order valence-electron chi connectivity index (χ3n) is 3.37. The lowest BCUT2D eigenvalue weighted by Gasteiger charge is -2.13. The molecular weight excluding hydrogens is 290 g/mol. The summed E-state index contributed by atoms with van der Waals surface area (Å²) in [4.78, 5) is 0.758. The molecule has 2 unspecified atom stereocenters. The van der Waals surface area contributed by atoms with E-state index in [1.807, 2.05) is 6.07 Å². The Balaban J connectivity index is 2.10. The van der Waals surface area contributed by atoms with E-state index in [-0.39, 0.29) is 6.04 Å². The fraction of sp³-hybridized carbons (Fsp3) is 0.250. The summed E-state index contributed by atoms with van der Waals surface area (Å²) in [6.45, 7) is 4.12. The first kappa shape index (κ1) is 15.2. The molecule has 2 atom stereocenters. The minimum absolute atomic E-state index is 0.231. The minimum atomic E-state index is -1.12. The lowest BCUT2D eigenvalue weighted by Crippen LogP contribution is -2.18. The van der Waals surface area contributed by atoms with Gasteiger partial charge in [0, 0.05) is 21.7 Å². The Bertz CT molecular complexity index is 625. The van der Waals surface area contributed by atoms with E-state index < -0.39 is 10.8 Å². The van der Waals surface area contributed by atoms with Gasteiger partial charge < -0.3 is 5.73 Å². The van der Waals surface area contributed by atoms with Crippen molar-refractivity contribution in [3.63, 3.8) is 0 Å². The second-order valence-electron chi connectivity index (χ2n) is 4.92. The maximum atomic E-state index is 12.3. The number of rotatable bonds is 4. The van der Waals surface area contributed by atoms with Crippen LogP contribution < -0.4 is 5.73 Å². The summed E-state index contributed by atoms with van der Waals surface area (Å²) < 4.78 is 12.3. The van der Waals surface area contributed by atoms with Gasteiger partial charge in [-0.25, -0.2) is 0 Å². The molecule has 0 bridgehead atoms. The molecule has 106 valence electrons. The molecule has 0 aliphatic carbocycles. The van der Waals surface area contributed by atoms with Gasteiger partial charge in [0.05, 0.1) is 10.8 Å². The third kappa shape index (κ3) is 3.69. The van der Waals surface area contributed by atoms with Crippen LogP contribution in [0, 0.1) is 13.8 Å². The van der Waals surface area contributed by atoms with Crippen LogP contribution in [0.2, 0.25) is 5.02 Å². The van der Waals surface area contributed by atoms with Gasteiger partial charge in [-0.3, -0.25) is 4.21 Å². The summed E-state index contributed by atoms with van der Waals surface area (Å²) in [6.07, 6.45) is 0. The zero-order valence-electron chi connectivity index (χ0n) is 11.6. The molecule has 20 heavy (non-hydrogen) atoms. The van der Waals surface area contributed by atoms with Gasteiger partial charge in [-0.15, -0.1) is 0 Å². The Labute approximate surface area is 127 Å². The first-order valence-corrected chi connectivity index (χ1v) is 8.14. The Morgan fingerprint density at radius 3 is 2.35 bits per heavy atom. The lowest BCUT2D eigenvalue weighted by molar-refractivity contribution is 0.675. The van der Waals surface area contributed by atoms with Crippen molar-refractivity contribution in [3.05, 3.63) is 64.2 Å². The summed E-state index contributed by atoms with van der Waals surface area (Å²) >= 11 is 5.83. The molecule has 0 heterocycles. The van der Waals surface area contributed by atoms with Crippen molar-refractivity contribution >= 4 is 22.4 Å². The molecule has 0 saturated carbocycles. The van der Waals surface area contributed by atoms with Crippen molar-refractivity contribution in [3.8, 4) is 0 Å². The smallest absolute Gasteiger partial charge is 0.0548 e. The number of hydrogen-bond acceptors (Lipinski definition) is 2. The number of benzene rings is 2. The molecule has 0 fully saturated rings. The first-order valence-electron chi connectivity index (χ1n) is 6.44. The van der Waals surface area contributed by atoms with Gasteiger partial charge in [0.25, 0.3) is 0 Å². The first-order chi connectivity index (χ1) is 9.47. The second-order valence-corrected chi connectivity index (χ2v) is 6.85. The van der Waals surface area contributed by atoms with Crippen LogP contribution in [0.5, 0.6) is 0 Å². The predicted molar refractivity (Wildman–Crippen MR) is 85.6 cm³/mol. The third-order valence-corrected chi connectivity index (χ3v) is 5.08. The molecule has 4 heteroatoms. The Hall–Kier alpha value is -1.16. The molecule has 0 aromatic heterocycles. The van der Waals surface area contributed by atoms with Crippen LogP contribution in [0.3, 0.4) is 0 Å². The van der Waals surface area contributed by atoms with Crippen molar-refractivity contribution in [2.45, 2.75) is 24.8 Å². The topological polar surface area (TPSA) is 43.1 Å². The molecular formula is C16H18ClNOS. The molecule has 0 saturated heterocycles. The van der Waals surface area contributed by atoms with Crippen molar-refractivity contribution in [1.82, 2.24) is 0 Å². The maximum Gasteiger partial charge on any atom is 0.0548 e. The second kappa shape index (κ2) is 6.53. The molecule has 0 aliphatic heterocycles. The summed E-state index contributed by atoms with van der Waals surface area (Å²) in [7, 11) is -1.12. The summed E-state index contributed by atoms with van der Waals surface area (Å²) in [6, 6.07) is 13.0. The van der Waals surface area contributed by atoms with Gasteiger partial charge in [-0.1, -0.05) is 29.8 Å². The van der Waals surface area contributed by atoms with Crippen LogP contribution in [0.25, 0.3) is 0 Å². The van der Waals surface area contributed by atoms with Gasteiger partial charge in [-0.2, -0.15) is 0 Å². The number of nitrogens with two attached hydrogens (primary N) is 1. The zero-order valence-corrected chi connectivity index (χ0v) is 13.2. The predicted octanol–water partition coefficient (Wildman–Crippen LogP) is 3.76. The fourth-order valence-corrected chi connectivity index (χ4v) is 3.21. The largest absolute Gasteiger partial charge is 0.323 e. The van der Waals surface area contributed by atoms with E-state index in [0.29, 0.717) is 10.8 Å². The monoisotopic (exact) mass is 307 g/mol. The fourth-order valence-electron chi connectivity index (χ4n) is 1.94. The van der Waals surface area contributed by atoms with Crippen LogP contribution in [0.4, 0.5) is 0 Å². The molecule has 0 spiro atoms. The maximum absolute atomic E-state index is 12.3. The van der Waals surface area contributed by atoms with E-state index in [1.54, 1.807) is 24.3 Å². The quantitative estimate of drug-likeness (QED) is 0.934. The number of aryl methyl sites for hydroxylation is 2. The number of hydrogen-bond donors (Lipinski definition) is 1. The molecule has 2 aromatic carbocycles. The lowest BCUT2D eigenvalue weighted by atomic mass is 10.0. The van der Waals surface area contributed by atoms with Gasteiger partial charge >= 0.3 is 0 Å². The highest BCUT2D eigenvalue weighted by Gasteiger charge is 2.12. The summed E-state index contributed by atoms with van der Waals surface area (Å²) in [5, 5.41) is 0.643. The minimum Gasteiger partial charge on any atom is -0.323 e. The van der Waals surface area contributed by atoms with Crippen molar-refractivity contribution in [2.75, 3.05) is 5.75 Å². The van der Waals surface area contributed by atoms with Crippen LogP contribution >= 0.6 is 11.6 Å². The van der Waals surface area contributed by atoms with E-state index in [9.17, 15) is 4.21 Å². The highest BCUT2D eigenvalue weighted by atomic mass is 35.5. The van der Waals surface area contributed by atoms with Crippen molar-refractivity contribution in [2.24, 2.45) is 5.73 Å². The van der Waals surface area contributed by atoms with Crippen molar-refractivity contribution < 1.29 is 4.21 Å². The summed E-state index contributed by atoms with van der Waals surface area (Å²) in [5.41, 5.74) is 9.63. The van der Waals surface area contributed by atoms with Gasteiger partial charge in [0.15, 0.2) is 0 Å². The van der Waals surface area contributed by atoms with Crippen LogP contribution in [0.15, 0.2) is 47.4 Å². The molecule has 2 N–H and O–H groups in total. The van der Waals surface area contributed by atoms with E-state index >= 15 is 0 Å². The number of halogens is 1. The van der Waals surface area contributed by atoms with Gasteiger partial charge in [-0.05, 0) is 54.8 Å². The molecule has 2 rings (SSSR count). The van der Waals surface area contributed by atoms with Crippen LogP contribution in [0.1, 0.15) is 22.7 Å². The zero-order chi connectivity index (χ0) is 14.7. The Morgan fingerprint density at radius 2 is 1.75 bits per heavy atom. The Morgan fingerprint density at radius 1 is 1.10 bits per heavy atom. The van der Waals surface area contributed by atoms with E-state index in [2.05, 4.69) is 26.0 Å². The van der Waals surface area contributed by atoms with Gasteiger partial charge in [0.1, 0.15) is 0 Å². The highest BCUT2D eigenvalue weighted by Crippen LogP contribution is 2.19. The van der Waals surface area contributed by atoms with Crippen LogP contribution in [-0.4, -0.2) is 9.96 Å². The molecule has 2 aromatic rings. The van der Waals surface area contributed by atoms with E-state index in [1.165, 1.54) is 11.1 Å². The molecule has 0 amide bonds.